The molecule has 0 aliphatic rings. The molecule has 0 bridgehead atoms. The first-order chi connectivity index (χ1) is 28.2. The van der Waals surface area contributed by atoms with Crippen LogP contribution in [0.25, 0.3) is 129 Å². The minimum absolute atomic E-state index is 0.692. The molecule has 12 aromatic carbocycles. The average molecular weight is 736 g/mol. The highest BCUT2D eigenvalue weighted by Gasteiger charge is 2.27. The smallest absolute Gasteiger partial charge is 0.0991 e. The summed E-state index contributed by atoms with van der Waals surface area (Å²) in [6, 6.07) is 67.4. The monoisotopic (exact) mass is 735 g/mol. The molecule has 0 aliphatic carbocycles. The summed E-state index contributed by atoms with van der Waals surface area (Å²) in [5.74, 6) is 0. The SMILES string of the molecule is N#Cc1ccc2sc3ccc(-c4ccc5c6c(-c7ccccc7)c7c(cc8c9ccccc9c9cccc7c98)c(-c7ccccc7)c6c6cccc4c65)cc3c2c1. The quantitative estimate of drug-likeness (QED) is 0.166. The van der Waals surface area contributed by atoms with Crippen LogP contribution in [0.5, 0.6) is 0 Å². The fourth-order valence-electron chi connectivity index (χ4n) is 10.3. The molecule has 0 radical (unpaired) electrons. The molecule has 1 heterocycles. The van der Waals surface area contributed by atoms with Crippen molar-refractivity contribution in [2.75, 3.05) is 0 Å². The number of thiophene rings is 1. The maximum Gasteiger partial charge on any atom is 0.0991 e. The Morgan fingerprint density at radius 1 is 0.316 bits per heavy atom. The van der Waals surface area contributed by atoms with Gasteiger partial charge in [-0.05, 0) is 145 Å². The molecule has 1 nitrogen and oxygen atoms in total. The van der Waals surface area contributed by atoms with E-state index in [1.54, 1.807) is 11.3 Å². The standard InChI is InChI=1S/C55H29NS/c56-30-31-21-25-47-43(27-31)44-28-34(22-26-48(44)57-47)35-23-24-42-51-38(35)17-9-20-41(51)54-49(32-11-3-1-4-12-32)46-29-45-37-16-8-7-15-36(37)39-18-10-19-40(52(39)45)53(46)50(55(42)54)33-13-5-2-6-14-33/h1-29H. The van der Waals surface area contributed by atoms with E-state index in [9.17, 15) is 5.26 Å². The van der Waals surface area contributed by atoms with Gasteiger partial charge in [0.25, 0.3) is 0 Å². The molecule has 0 spiro atoms. The molecule has 0 N–H and O–H groups in total. The summed E-state index contributed by atoms with van der Waals surface area (Å²) < 4.78 is 2.44. The van der Waals surface area contributed by atoms with Crippen LogP contribution in [0.15, 0.2) is 176 Å². The Hall–Kier alpha value is -7.31. The van der Waals surface area contributed by atoms with Crippen LogP contribution < -0.4 is 0 Å². The molecule has 0 unspecified atom stereocenters. The zero-order valence-corrected chi connectivity index (χ0v) is 31.4. The van der Waals surface area contributed by atoms with Gasteiger partial charge in [0.2, 0.25) is 0 Å². The van der Waals surface area contributed by atoms with Crippen molar-refractivity contribution >= 4 is 107 Å². The van der Waals surface area contributed by atoms with Crippen molar-refractivity contribution in [3.05, 3.63) is 181 Å². The number of nitriles is 1. The van der Waals surface area contributed by atoms with E-state index in [0.717, 1.165) is 5.39 Å². The molecule has 0 amide bonds. The molecule has 1 aromatic heterocycles. The van der Waals surface area contributed by atoms with E-state index < -0.39 is 0 Å². The highest BCUT2D eigenvalue weighted by atomic mass is 32.1. The summed E-state index contributed by atoms with van der Waals surface area (Å²) in [6.45, 7) is 0. The first-order valence-corrected chi connectivity index (χ1v) is 20.3. The van der Waals surface area contributed by atoms with Crippen LogP contribution in [0.3, 0.4) is 0 Å². The molecule has 13 aromatic rings. The summed E-state index contributed by atoms with van der Waals surface area (Å²) in [5, 5.41) is 30.3. The molecule has 260 valence electrons. The lowest BCUT2D eigenvalue weighted by atomic mass is 9.84. The summed E-state index contributed by atoms with van der Waals surface area (Å²) in [6.07, 6.45) is 0. The fraction of sp³-hybridized carbons (Fsp3) is 0. The maximum absolute atomic E-state index is 9.71. The van der Waals surface area contributed by atoms with E-state index in [1.807, 2.05) is 12.1 Å². The van der Waals surface area contributed by atoms with Crippen LogP contribution in [-0.4, -0.2) is 0 Å². The van der Waals surface area contributed by atoms with Crippen molar-refractivity contribution in [2.24, 2.45) is 0 Å². The summed E-state index contributed by atoms with van der Waals surface area (Å²) in [7, 11) is 0. The molecule has 2 heteroatoms. The van der Waals surface area contributed by atoms with Gasteiger partial charge in [0.05, 0.1) is 11.6 Å². The van der Waals surface area contributed by atoms with Gasteiger partial charge < -0.3 is 0 Å². The maximum atomic E-state index is 9.71. The van der Waals surface area contributed by atoms with Crippen molar-refractivity contribution in [3.63, 3.8) is 0 Å². The predicted molar refractivity (Wildman–Crippen MR) is 245 cm³/mol. The molecule has 0 saturated carbocycles. The minimum Gasteiger partial charge on any atom is -0.192 e. The average Bonchev–Trinajstić information content (AvgIpc) is 3.92. The molecule has 0 saturated heterocycles. The van der Waals surface area contributed by atoms with E-state index in [4.69, 9.17) is 0 Å². The molecule has 57 heavy (non-hydrogen) atoms. The van der Waals surface area contributed by atoms with E-state index in [1.165, 1.54) is 124 Å². The largest absolute Gasteiger partial charge is 0.192 e. The number of rotatable bonds is 3. The van der Waals surface area contributed by atoms with Crippen LogP contribution in [0, 0.1) is 11.3 Å². The predicted octanol–water partition coefficient (Wildman–Crippen LogP) is 15.9. The normalized spacial score (nSPS) is 12.2. The van der Waals surface area contributed by atoms with Crippen LogP contribution >= 0.6 is 11.3 Å². The Morgan fingerprint density at radius 2 is 0.877 bits per heavy atom. The van der Waals surface area contributed by atoms with Gasteiger partial charge in [-0.1, -0.05) is 140 Å². The minimum atomic E-state index is 0.692. The van der Waals surface area contributed by atoms with E-state index in [2.05, 4.69) is 170 Å². The van der Waals surface area contributed by atoms with Crippen LogP contribution in [0.4, 0.5) is 0 Å². The summed E-state index contributed by atoms with van der Waals surface area (Å²) in [5.41, 5.74) is 8.14. The van der Waals surface area contributed by atoms with Crippen molar-refractivity contribution in [1.82, 2.24) is 0 Å². The highest BCUT2D eigenvalue weighted by molar-refractivity contribution is 7.25. The number of hydrogen-bond donors (Lipinski definition) is 0. The Morgan fingerprint density at radius 3 is 1.63 bits per heavy atom. The van der Waals surface area contributed by atoms with Gasteiger partial charge in [-0.2, -0.15) is 5.26 Å². The van der Waals surface area contributed by atoms with Gasteiger partial charge in [0, 0.05) is 20.2 Å². The van der Waals surface area contributed by atoms with Crippen molar-refractivity contribution in [2.45, 2.75) is 0 Å². The third-order valence-electron chi connectivity index (χ3n) is 12.6. The molecular weight excluding hydrogens is 707 g/mol. The van der Waals surface area contributed by atoms with Gasteiger partial charge in [0.1, 0.15) is 0 Å². The Bertz CT molecular complexity index is 3850. The second kappa shape index (κ2) is 11.4. The second-order valence-corrected chi connectivity index (χ2v) is 16.5. The zero-order valence-electron chi connectivity index (χ0n) is 30.6. The number of fused-ring (bicyclic) bond motifs is 11. The summed E-state index contributed by atoms with van der Waals surface area (Å²) in [4.78, 5) is 0. The Labute approximate surface area is 331 Å². The highest BCUT2D eigenvalue weighted by Crippen LogP contribution is 2.55. The first-order valence-electron chi connectivity index (χ1n) is 19.5. The Kier molecular flexibility index (Phi) is 6.17. The van der Waals surface area contributed by atoms with Crippen molar-refractivity contribution < 1.29 is 0 Å². The number of hydrogen-bond acceptors (Lipinski definition) is 2. The molecule has 0 fully saturated rings. The van der Waals surface area contributed by atoms with Crippen LogP contribution in [0.1, 0.15) is 5.56 Å². The zero-order chi connectivity index (χ0) is 37.4. The molecule has 0 aliphatic heterocycles. The van der Waals surface area contributed by atoms with Crippen LogP contribution in [0.2, 0.25) is 0 Å². The fourth-order valence-corrected chi connectivity index (χ4v) is 11.3. The van der Waals surface area contributed by atoms with Crippen LogP contribution in [-0.2, 0) is 0 Å². The number of nitrogens with zero attached hydrogens (tertiary/aromatic N) is 1. The van der Waals surface area contributed by atoms with Gasteiger partial charge >= 0.3 is 0 Å². The molecular formula is C55H29NS. The van der Waals surface area contributed by atoms with E-state index in [-0.39, 0.29) is 0 Å². The lowest BCUT2D eigenvalue weighted by Crippen LogP contribution is -1.91. The summed E-state index contributed by atoms with van der Waals surface area (Å²) >= 11 is 1.79. The van der Waals surface area contributed by atoms with Crippen molar-refractivity contribution in [1.29, 1.82) is 5.26 Å². The van der Waals surface area contributed by atoms with Crippen molar-refractivity contribution in [3.8, 4) is 39.4 Å². The third kappa shape index (κ3) is 4.11. The van der Waals surface area contributed by atoms with Gasteiger partial charge in [-0.3, -0.25) is 0 Å². The second-order valence-electron chi connectivity index (χ2n) is 15.4. The molecule has 13 rings (SSSR count). The van der Waals surface area contributed by atoms with Gasteiger partial charge in [0.15, 0.2) is 0 Å². The first kappa shape index (κ1) is 31.0. The number of benzene rings is 10. The van der Waals surface area contributed by atoms with E-state index in [0.29, 0.717) is 5.56 Å². The topological polar surface area (TPSA) is 23.8 Å². The Balaban J connectivity index is 1.24. The third-order valence-corrected chi connectivity index (χ3v) is 13.7. The molecule has 0 atom stereocenters. The van der Waals surface area contributed by atoms with Gasteiger partial charge in [-0.15, -0.1) is 11.3 Å². The van der Waals surface area contributed by atoms with Gasteiger partial charge in [-0.25, -0.2) is 0 Å². The van der Waals surface area contributed by atoms with E-state index >= 15 is 0 Å². The lowest BCUT2D eigenvalue weighted by Gasteiger charge is -2.19. The lowest BCUT2D eigenvalue weighted by molar-refractivity contribution is 1.50.